The number of piperidine rings is 1. The van der Waals surface area contributed by atoms with Gasteiger partial charge in [0.2, 0.25) is 11.2 Å². The van der Waals surface area contributed by atoms with Gasteiger partial charge in [-0.1, -0.05) is 6.58 Å². The Hall–Kier alpha value is -2.08. The number of fused-ring (bicyclic) bond motifs is 1. The number of anilines is 1. The molecule has 3 rings (SSSR count). The summed E-state index contributed by atoms with van der Waals surface area (Å²) in [5.74, 6) is 0.665. The molecule has 0 aromatic carbocycles. The standard InChI is InChI=1S/C14H16ClN5O/c1-2-11(21)20-7-3-4-9(8-20)17-13-10-5-6-16-12(10)18-14(15)19-13/h2,5-6,9H,1,3-4,7-8H2,(H2,16,17,18,19). The first-order chi connectivity index (χ1) is 10.2. The summed E-state index contributed by atoms with van der Waals surface area (Å²) in [7, 11) is 0. The molecular weight excluding hydrogens is 290 g/mol. The molecule has 7 heteroatoms. The summed E-state index contributed by atoms with van der Waals surface area (Å²) in [5.41, 5.74) is 0.701. The smallest absolute Gasteiger partial charge is 0.246 e. The first-order valence-corrected chi connectivity index (χ1v) is 7.23. The van der Waals surface area contributed by atoms with E-state index >= 15 is 0 Å². The minimum Gasteiger partial charge on any atom is -0.365 e. The second-order valence-corrected chi connectivity index (χ2v) is 5.39. The molecule has 0 saturated carbocycles. The van der Waals surface area contributed by atoms with Crippen molar-refractivity contribution in [1.82, 2.24) is 19.9 Å². The number of carbonyl (C=O) groups is 1. The lowest BCUT2D eigenvalue weighted by molar-refractivity contribution is -0.127. The van der Waals surface area contributed by atoms with Crippen LogP contribution in [0, 0.1) is 0 Å². The summed E-state index contributed by atoms with van der Waals surface area (Å²) in [5, 5.41) is 4.47. The number of halogens is 1. The van der Waals surface area contributed by atoms with Crippen molar-refractivity contribution < 1.29 is 4.79 Å². The van der Waals surface area contributed by atoms with E-state index in [4.69, 9.17) is 11.6 Å². The van der Waals surface area contributed by atoms with E-state index in [1.54, 1.807) is 11.1 Å². The van der Waals surface area contributed by atoms with Crippen molar-refractivity contribution >= 4 is 34.4 Å². The van der Waals surface area contributed by atoms with E-state index < -0.39 is 0 Å². The predicted molar refractivity (Wildman–Crippen MR) is 82.3 cm³/mol. The van der Waals surface area contributed by atoms with E-state index in [1.165, 1.54) is 6.08 Å². The van der Waals surface area contributed by atoms with Gasteiger partial charge < -0.3 is 15.2 Å². The lowest BCUT2D eigenvalue weighted by atomic mass is 10.1. The van der Waals surface area contributed by atoms with Gasteiger partial charge in [0.25, 0.3) is 0 Å². The van der Waals surface area contributed by atoms with E-state index in [9.17, 15) is 4.79 Å². The third-order valence-corrected chi connectivity index (χ3v) is 3.81. The number of hydrogen-bond acceptors (Lipinski definition) is 4. The van der Waals surface area contributed by atoms with Crippen LogP contribution in [0.5, 0.6) is 0 Å². The van der Waals surface area contributed by atoms with E-state index in [0.29, 0.717) is 18.0 Å². The summed E-state index contributed by atoms with van der Waals surface area (Å²) >= 11 is 5.94. The maximum atomic E-state index is 11.7. The van der Waals surface area contributed by atoms with Gasteiger partial charge in [-0.3, -0.25) is 4.79 Å². The number of likely N-dealkylation sites (tertiary alicyclic amines) is 1. The fourth-order valence-corrected chi connectivity index (χ4v) is 2.81. The fourth-order valence-electron chi connectivity index (χ4n) is 2.64. The van der Waals surface area contributed by atoms with Crippen LogP contribution in [-0.4, -0.2) is 44.9 Å². The summed E-state index contributed by atoms with van der Waals surface area (Å²) < 4.78 is 0. The Balaban J connectivity index is 1.80. The summed E-state index contributed by atoms with van der Waals surface area (Å²) in [6, 6.07) is 2.05. The average molecular weight is 306 g/mol. The molecule has 21 heavy (non-hydrogen) atoms. The van der Waals surface area contributed by atoms with Crippen molar-refractivity contribution in [2.75, 3.05) is 18.4 Å². The third kappa shape index (κ3) is 2.85. The third-order valence-electron chi connectivity index (χ3n) is 3.64. The number of aromatic nitrogens is 3. The lowest BCUT2D eigenvalue weighted by Gasteiger charge is -2.32. The molecule has 0 spiro atoms. The Labute approximate surface area is 127 Å². The molecule has 1 unspecified atom stereocenters. The first-order valence-electron chi connectivity index (χ1n) is 6.86. The molecule has 1 aliphatic heterocycles. The molecule has 1 fully saturated rings. The molecule has 2 aromatic heterocycles. The number of amides is 1. The molecule has 3 heterocycles. The Morgan fingerprint density at radius 3 is 3.24 bits per heavy atom. The van der Waals surface area contributed by atoms with Gasteiger partial charge in [-0.15, -0.1) is 0 Å². The molecule has 1 saturated heterocycles. The number of nitrogens with zero attached hydrogens (tertiary/aromatic N) is 3. The van der Waals surface area contributed by atoms with Crippen LogP contribution in [0.4, 0.5) is 5.82 Å². The zero-order valence-corrected chi connectivity index (χ0v) is 12.2. The molecule has 2 N–H and O–H groups in total. The van der Waals surface area contributed by atoms with Crippen molar-refractivity contribution in [3.05, 3.63) is 30.2 Å². The van der Waals surface area contributed by atoms with Crippen molar-refractivity contribution in [3.63, 3.8) is 0 Å². The number of hydrogen-bond donors (Lipinski definition) is 2. The van der Waals surface area contributed by atoms with Crippen molar-refractivity contribution in [1.29, 1.82) is 0 Å². The van der Waals surface area contributed by atoms with Crippen molar-refractivity contribution in [2.24, 2.45) is 0 Å². The predicted octanol–water partition coefficient (Wildman–Crippen LogP) is 2.20. The zero-order chi connectivity index (χ0) is 14.8. The highest BCUT2D eigenvalue weighted by atomic mass is 35.5. The minimum atomic E-state index is -0.0333. The molecule has 1 atom stereocenters. The van der Waals surface area contributed by atoms with Crippen LogP contribution in [0.2, 0.25) is 5.28 Å². The molecule has 1 amide bonds. The van der Waals surface area contributed by atoms with Gasteiger partial charge in [0, 0.05) is 25.3 Å². The second-order valence-electron chi connectivity index (χ2n) is 5.05. The Bertz CT molecular complexity index is 683. The topological polar surface area (TPSA) is 73.9 Å². The van der Waals surface area contributed by atoms with Gasteiger partial charge in [0.1, 0.15) is 11.5 Å². The summed E-state index contributed by atoms with van der Waals surface area (Å²) in [4.78, 5) is 24.9. The summed E-state index contributed by atoms with van der Waals surface area (Å²) in [6.07, 6.45) is 5.09. The number of rotatable bonds is 3. The van der Waals surface area contributed by atoms with Gasteiger partial charge in [-0.25, -0.2) is 4.98 Å². The number of carbonyl (C=O) groups excluding carboxylic acids is 1. The van der Waals surface area contributed by atoms with Crippen LogP contribution in [-0.2, 0) is 4.79 Å². The maximum absolute atomic E-state index is 11.7. The molecule has 6 nitrogen and oxygen atoms in total. The second kappa shape index (κ2) is 5.73. The van der Waals surface area contributed by atoms with Gasteiger partial charge in [0.05, 0.1) is 5.39 Å². The Morgan fingerprint density at radius 2 is 2.43 bits per heavy atom. The van der Waals surface area contributed by atoms with Crippen LogP contribution < -0.4 is 5.32 Å². The van der Waals surface area contributed by atoms with Gasteiger partial charge in [-0.05, 0) is 36.6 Å². The van der Waals surface area contributed by atoms with Gasteiger partial charge >= 0.3 is 0 Å². The SMILES string of the molecule is C=CC(=O)N1CCCC(Nc2nc(Cl)nc3[nH]ccc23)C1. The van der Waals surface area contributed by atoms with Gasteiger partial charge in [0.15, 0.2) is 0 Å². The van der Waals surface area contributed by atoms with Crippen molar-refractivity contribution in [2.45, 2.75) is 18.9 Å². The van der Waals surface area contributed by atoms with Crippen LogP contribution >= 0.6 is 11.6 Å². The quantitative estimate of drug-likeness (QED) is 0.673. The molecule has 0 radical (unpaired) electrons. The van der Waals surface area contributed by atoms with Crippen LogP contribution in [0.25, 0.3) is 11.0 Å². The number of nitrogens with one attached hydrogen (secondary N) is 2. The molecule has 110 valence electrons. The van der Waals surface area contributed by atoms with E-state index in [1.807, 2.05) is 6.07 Å². The normalized spacial score (nSPS) is 18.7. The summed E-state index contributed by atoms with van der Waals surface area (Å²) in [6.45, 7) is 4.94. The van der Waals surface area contributed by atoms with Crippen LogP contribution in [0.1, 0.15) is 12.8 Å². The molecular formula is C14H16ClN5O. The maximum Gasteiger partial charge on any atom is 0.246 e. The highest BCUT2D eigenvalue weighted by Gasteiger charge is 2.23. The van der Waals surface area contributed by atoms with Crippen molar-refractivity contribution in [3.8, 4) is 0 Å². The lowest BCUT2D eigenvalue weighted by Crippen LogP contribution is -2.44. The highest BCUT2D eigenvalue weighted by Crippen LogP contribution is 2.23. The Morgan fingerprint density at radius 1 is 1.57 bits per heavy atom. The largest absolute Gasteiger partial charge is 0.365 e. The average Bonchev–Trinajstić information content (AvgIpc) is 2.95. The van der Waals surface area contributed by atoms with E-state index in [2.05, 4.69) is 26.8 Å². The van der Waals surface area contributed by atoms with Crippen LogP contribution in [0.3, 0.4) is 0 Å². The minimum absolute atomic E-state index is 0.0333. The zero-order valence-electron chi connectivity index (χ0n) is 11.5. The number of H-pyrrole nitrogens is 1. The monoisotopic (exact) mass is 305 g/mol. The van der Waals surface area contributed by atoms with E-state index in [0.717, 1.165) is 24.8 Å². The Kier molecular flexibility index (Phi) is 3.79. The molecule has 2 aromatic rings. The molecule has 0 bridgehead atoms. The van der Waals surface area contributed by atoms with Crippen LogP contribution in [0.15, 0.2) is 24.9 Å². The fraction of sp³-hybridized carbons (Fsp3) is 0.357. The molecule has 1 aliphatic rings. The van der Waals surface area contributed by atoms with Gasteiger partial charge in [-0.2, -0.15) is 4.98 Å². The number of aromatic amines is 1. The first kappa shape index (κ1) is 13.9. The molecule has 0 aliphatic carbocycles. The highest BCUT2D eigenvalue weighted by molar-refractivity contribution is 6.28. The van der Waals surface area contributed by atoms with E-state index in [-0.39, 0.29) is 17.2 Å².